The van der Waals surface area contributed by atoms with E-state index in [0.717, 1.165) is 13.0 Å². The summed E-state index contributed by atoms with van der Waals surface area (Å²) in [6, 6.07) is 6.95. The van der Waals surface area contributed by atoms with Crippen molar-refractivity contribution in [3.63, 3.8) is 0 Å². The number of benzene rings is 1. The van der Waals surface area contributed by atoms with Gasteiger partial charge in [0, 0.05) is 6.42 Å². The Morgan fingerprint density at radius 3 is 2.92 bits per heavy atom. The van der Waals surface area contributed by atoms with Crippen molar-refractivity contribution in [2.75, 3.05) is 6.61 Å². The summed E-state index contributed by atoms with van der Waals surface area (Å²) in [6.45, 7) is 0.969. The molecule has 0 amide bonds. The van der Waals surface area contributed by atoms with Crippen LogP contribution < -0.4 is 0 Å². The second-order valence-corrected chi connectivity index (χ2v) is 4.12. The molecule has 3 rings (SSSR count). The molecule has 0 saturated carbocycles. The SMILES string of the molecule is c1cc2c(cc1CC1CO1)CCC2. The molecule has 1 fully saturated rings. The van der Waals surface area contributed by atoms with Crippen LogP contribution in [0.1, 0.15) is 23.1 Å². The van der Waals surface area contributed by atoms with Crippen molar-refractivity contribution in [1.29, 1.82) is 0 Å². The summed E-state index contributed by atoms with van der Waals surface area (Å²) < 4.78 is 5.23. The van der Waals surface area contributed by atoms with Crippen molar-refractivity contribution in [3.8, 4) is 0 Å². The molecule has 68 valence electrons. The molecule has 0 radical (unpaired) electrons. The first kappa shape index (κ1) is 7.57. The van der Waals surface area contributed by atoms with Gasteiger partial charge in [-0.3, -0.25) is 0 Å². The number of ether oxygens (including phenoxy) is 1. The third-order valence-electron chi connectivity index (χ3n) is 3.03. The van der Waals surface area contributed by atoms with Crippen molar-refractivity contribution >= 4 is 0 Å². The van der Waals surface area contributed by atoms with Crippen LogP contribution in [0.5, 0.6) is 0 Å². The van der Waals surface area contributed by atoms with Gasteiger partial charge in [0.05, 0.1) is 12.7 Å². The van der Waals surface area contributed by atoms with Crippen LogP contribution in [-0.4, -0.2) is 12.7 Å². The quantitative estimate of drug-likeness (QED) is 0.626. The average molecular weight is 174 g/mol. The van der Waals surface area contributed by atoms with E-state index in [2.05, 4.69) is 18.2 Å². The number of fused-ring (bicyclic) bond motifs is 1. The zero-order valence-corrected chi connectivity index (χ0v) is 7.75. The minimum Gasteiger partial charge on any atom is -0.373 e. The maximum absolute atomic E-state index is 5.23. The first-order valence-electron chi connectivity index (χ1n) is 5.14. The van der Waals surface area contributed by atoms with E-state index in [4.69, 9.17) is 4.74 Å². The molecule has 1 aromatic carbocycles. The highest BCUT2D eigenvalue weighted by Gasteiger charge is 2.23. The Morgan fingerprint density at radius 2 is 2.08 bits per heavy atom. The first-order valence-corrected chi connectivity index (χ1v) is 5.14. The average Bonchev–Trinajstić information content (AvgIpc) is 2.83. The molecule has 1 aromatic rings. The summed E-state index contributed by atoms with van der Waals surface area (Å²) in [7, 11) is 0. The highest BCUT2D eigenvalue weighted by atomic mass is 16.6. The van der Waals surface area contributed by atoms with Crippen LogP contribution in [-0.2, 0) is 24.0 Å². The third kappa shape index (κ3) is 1.49. The summed E-state index contributed by atoms with van der Waals surface area (Å²) >= 11 is 0. The topological polar surface area (TPSA) is 12.5 Å². The van der Waals surface area contributed by atoms with Crippen LogP contribution in [0, 0.1) is 0 Å². The third-order valence-corrected chi connectivity index (χ3v) is 3.03. The van der Waals surface area contributed by atoms with Crippen molar-refractivity contribution in [2.24, 2.45) is 0 Å². The summed E-state index contributed by atoms with van der Waals surface area (Å²) in [5.41, 5.74) is 4.61. The van der Waals surface area contributed by atoms with E-state index in [-0.39, 0.29) is 0 Å². The normalized spacial score (nSPS) is 24.5. The van der Waals surface area contributed by atoms with Gasteiger partial charge in [0.25, 0.3) is 0 Å². The van der Waals surface area contributed by atoms with Gasteiger partial charge in [-0.05, 0) is 36.0 Å². The summed E-state index contributed by atoms with van der Waals surface area (Å²) in [5.74, 6) is 0. The molecule has 1 heterocycles. The Kier molecular flexibility index (Phi) is 1.66. The molecule has 1 saturated heterocycles. The lowest BCUT2D eigenvalue weighted by molar-refractivity contribution is 0.407. The van der Waals surface area contributed by atoms with Gasteiger partial charge in [-0.1, -0.05) is 18.2 Å². The molecule has 1 atom stereocenters. The Labute approximate surface area is 78.7 Å². The lowest BCUT2D eigenvalue weighted by Crippen LogP contribution is -1.94. The second-order valence-electron chi connectivity index (χ2n) is 4.12. The molecule has 1 heteroatoms. The highest BCUT2D eigenvalue weighted by Crippen LogP contribution is 2.24. The lowest BCUT2D eigenvalue weighted by atomic mass is 10.0. The minimum atomic E-state index is 0.527. The molecule has 0 bridgehead atoms. The second kappa shape index (κ2) is 2.85. The standard InChI is InChI=1S/C12H14O/c1-2-10-5-4-9(6-11(10)3-1)7-12-8-13-12/h4-6,12H,1-3,7-8H2. The Morgan fingerprint density at radius 1 is 1.23 bits per heavy atom. The molecule has 0 N–H and O–H groups in total. The van der Waals surface area contributed by atoms with E-state index in [1.807, 2.05) is 0 Å². The summed E-state index contributed by atoms with van der Waals surface area (Å²) in [4.78, 5) is 0. The van der Waals surface area contributed by atoms with E-state index in [1.54, 1.807) is 11.1 Å². The van der Waals surface area contributed by atoms with E-state index in [1.165, 1.54) is 24.8 Å². The predicted molar refractivity (Wildman–Crippen MR) is 51.9 cm³/mol. The zero-order chi connectivity index (χ0) is 8.67. The summed E-state index contributed by atoms with van der Waals surface area (Å²) in [6.07, 6.45) is 5.57. The van der Waals surface area contributed by atoms with Crippen LogP contribution >= 0.6 is 0 Å². The van der Waals surface area contributed by atoms with Gasteiger partial charge in [0.1, 0.15) is 0 Å². The fraction of sp³-hybridized carbons (Fsp3) is 0.500. The maximum atomic E-state index is 5.23. The van der Waals surface area contributed by atoms with Crippen LogP contribution in [0.15, 0.2) is 18.2 Å². The van der Waals surface area contributed by atoms with Gasteiger partial charge >= 0.3 is 0 Å². The van der Waals surface area contributed by atoms with Crippen molar-refractivity contribution in [2.45, 2.75) is 31.8 Å². The first-order chi connectivity index (χ1) is 6.42. The Hall–Kier alpha value is -0.820. The van der Waals surface area contributed by atoms with E-state index < -0.39 is 0 Å². The van der Waals surface area contributed by atoms with Gasteiger partial charge in [-0.15, -0.1) is 0 Å². The van der Waals surface area contributed by atoms with Gasteiger partial charge in [0.2, 0.25) is 0 Å². The number of hydrogen-bond acceptors (Lipinski definition) is 1. The molecular weight excluding hydrogens is 160 g/mol. The molecule has 1 nitrogen and oxygen atoms in total. The van der Waals surface area contributed by atoms with Gasteiger partial charge < -0.3 is 4.74 Å². The summed E-state index contributed by atoms with van der Waals surface area (Å²) in [5, 5.41) is 0. The Bertz CT molecular complexity index is 326. The lowest BCUT2D eigenvalue weighted by Gasteiger charge is -2.02. The molecule has 13 heavy (non-hydrogen) atoms. The number of epoxide rings is 1. The van der Waals surface area contributed by atoms with Crippen LogP contribution in [0.2, 0.25) is 0 Å². The monoisotopic (exact) mass is 174 g/mol. The number of rotatable bonds is 2. The van der Waals surface area contributed by atoms with Crippen LogP contribution in [0.25, 0.3) is 0 Å². The fourth-order valence-corrected chi connectivity index (χ4v) is 2.20. The molecule has 1 aliphatic heterocycles. The molecule has 0 spiro atoms. The highest BCUT2D eigenvalue weighted by molar-refractivity contribution is 5.35. The van der Waals surface area contributed by atoms with Gasteiger partial charge in [0.15, 0.2) is 0 Å². The van der Waals surface area contributed by atoms with E-state index in [9.17, 15) is 0 Å². The zero-order valence-electron chi connectivity index (χ0n) is 7.75. The fourth-order valence-electron chi connectivity index (χ4n) is 2.20. The van der Waals surface area contributed by atoms with Crippen LogP contribution in [0.4, 0.5) is 0 Å². The minimum absolute atomic E-state index is 0.527. The predicted octanol–water partition coefficient (Wildman–Crippen LogP) is 2.12. The van der Waals surface area contributed by atoms with Gasteiger partial charge in [-0.25, -0.2) is 0 Å². The maximum Gasteiger partial charge on any atom is 0.0850 e. The number of aryl methyl sites for hydroxylation is 2. The van der Waals surface area contributed by atoms with E-state index >= 15 is 0 Å². The largest absolute Gasteiger partial charge is 0.373 e. The molecule has 1 aliphatic carbocycles. The molecule has 2 aliphatic rings. The van der Waals surface area contributed by atoms with Crippen molar-refractivity contribution in [3.05, 3.63) is 34.9 Å². The van der Waals surface area contributed by atoms with Crippen molar-refractivity contribution in [1.82, 2.24) is 0 Å². The van der Waals surface area contributed by atoms with Gasteiger partial charge in [-0.2, -0.15) is 0 Å². The smallest absolute Gasteiger partial charge is 0.0850 e. The van der Waals surface area contributed by atoms with Crippen LogP contribution in [0.3, 0.4) is 0 Å². The number of hydrogen-bond donors (Lipinski definition) is 0. The molecular formula is C12H14O. The van der Waals surface area contributed by atoms with Crippen molar-refractivity contribution < 1.29 is 4.74 Å². The van der Waals surface area contributed by atoms with E-state index in [0.29, 0.717) is 6.10 Å². The molecule has 0 aromatic heterocycles. The Balaban J connectivity index is 1.86. The molecule has 1 unspecified atom stereocenters.